The van der Waals surface area contributed by atoms with Gasteiger partial charge >= 0.3 is 11.8 Å². The Morgan fingerprint density at radius 3 is 2.21 bits per heavy atom. The van der Waals surface area contributed by atoms with Gasteiger partial charge in [-0.05, 0) is 67.1 Å². The third kappa shape index (κ3) is 7.11. The largest absolute Gasteiger partial charge is 0.489 e. The number of ether oxygens (including phenoxy) is 1. The molecule has 2 amide bonds. The van der Waals surface area contributed by atoms with Crippen molar-refractivity contribution >= 4 is 69.6 Å². The Labute approximate surface area is 210 Å². The lowest BCUT2D eigenvalue weighted by molar-refractivity contribution is -0.136. The minimum absolute atomic E-state index is 0.223. The first-order valence-corrected chi connectivity index (χ1v) is 11.0. The number of rotatable bonds is 6. The van der Waals surface area contributed by atoms with E-state index in [-0.39, 0.29) is 17.3 Å². The topological polar surface area (TPSA) is 79.8 Å². The molecule has 0 unspecified atom stereocenters. The molecule has 0 radical (unpaired) electrons. The Morgan fingerprint density at radius 2 is 1.52 bits per heavy atom. The van der Waals surface area contributed by atoms with Crippen LogP contribution < -0.4 is 15.5 Å². The van der Waals surface area contributed by atoms with Gasteiger partial charge in [0.05, 0.1) is 16.4 Å². The summed E-state index contributed by atoms with van der Waals surface area (Å²) in [7, 11) is 0. The van der Waals surface area contributed by atoms with Crippen LogP contribution in [0.5, 0.6) is 5.75 Å². The Bertz CT molecular complexity index is 1210. The van der Waals surface area contributed by atoms with Crippen LogP contribution in [0.3, 0.4) is 0 Å². The zero-order chi connectivity index (χ0) is 24.0. The fourth-order valence-electron chi connectivity index (χ4n) is 2.61. The first kappa shape index (κ1) is 24.9. The van der Waals surface area contributed by atoms with Crippen LogP contribution in [0.4, 0.5) is 5.69 Å². The van der Waals surface area contributed by atoms with Gasteiger partial charge in [-0.2, -0.15) is 5.10 Å². The first-order valence-electron chi connectivity index (χ1n) is 9.51. The number of carbonyl (C=O) groups excluding carboxylic acids is 2. The van der Waals surface area contributed by atoms with E-state index in [0.29, 0.717) is 26.5 Å². The Hall–Kier alpha value is -2.77. The van der Waals surface area contributed by atoms with Gasteiger partial charge in [0.1, 0.15) is 12.4 Å². The minimum atomic E-state index is -0.954. The molecule has 0 saturated heterocycles. The number of hydrogen-bond donors (Lipinski definition) is 2. The minimum Gasteiger partial charge on any atom is -0.489 e. The Kier molecular flexibility index (Phi) is 8.58. The van der Waals surface area contributed by atoms with Crippen molar-refractivity contribution in [2.45, 2.75) is 13.5 Å². The van der Waals surface area contributed by atoms with Crippen molar-refractivity contribution in [2.75, 3.05) is 5.32 Å². The van der Waals surface area contributed by atoms with Crippen molar-refractivity contribution in [1.29, 1.82) is 0 Å². The van der Waals surface area contributed by atoms with Crippen LogP contribution in [0.15, 0.2) is 65.8 Å². The highest BCUT2D eigenvalue weighted by Gasteiger charge is 2.15. The van der Waals surface area contributed by atoms with E-state index >= 15 is 0 Å². The Balaban J connectivity index is 1.56. The average molecular weight is 525 g/mol. The van der Waals surface area contributed by atoms with Gasteiger partial charge in [0.25, 0.3) is 0 Å². The van der Waals surface area contributed by atoms with Crippen LogP contribution in [-0.4, -0.2) is 17.5 Å². The van der Waals surface area contributed by atoms with Crippen LogP contribution in [0, 0.1) is 0 Å². The summed E-state index contributed by atoms with van der Waals surface area (Å²) < 4.78 is 5.74. The molecule has 3 rings (SSSR count). The summed E-state index contributed by atoms with van der Waals surface area (Å²) in [6.07, 6.45) is 0. The van der Waals surface area contributed by atoms with E-state index in [0.717, 1.165) is 11.1 Å². The normalized spacial score (nSPS) is 11.1. The molecule has 0 heterocycles. The molecule has 0 fully saturated rings. The van der Waals surface area contributed by atoms with E-state index < -0.39 is 11.8 Å². The van der Waals surface area contributed by atoms with Gasteiger partial charge in [0, 0.05) is 20.6 Å². The van der Waals surface area contributed by atoms with Crippen molar-refractivity contribution in [1.82, 2.24) is 5.43 Å². The summed E-state index contributed by atoms with van der Waals surface area (Å²) in [5.74, 6) is -1.26. The molecule has 10 heteroatoms. The second-order valence-corrected chi connectivity index (χ2v) is 8.45. The van der Waals surface area contributed by atoms with Crippen LogP contribution >= 0.6 is 46.4 Å². The van der Waals surface area contributed by atoms with Crippen molar-refractivity contribution in [3.8, 4) is 5.75 Å². The number of halogens is 4. The number of carbonyl (C=O) groups is 2. The molecule has 0 aliphatic rings. The molecule has 3 aromatic carbocycles. The van der Waals surface area contributed by atoms with E-state index in [4.69, 9.17) is 51.1 Å². The molecule has 0 aromatic heterocycles. The molecule has 0 atom stereocenters. The van der Waals surface area contributed by atoms with Crippen LogP contribution in [0.25, 0.3) is 0 Å². The second-order valence-electron chi connectivity index (χ2n) is 6.77. The Morgan fingerprint density at radius 1 is 0.848 bits per heavy atom. The highest BCUT2D eigenvalue weighted by molar-refractivity contribution is 6.42. The van der Waals surface area contributed by atoms with Gasteiger partial charge in [0.15, 0.2) is 0 Å². The smallest absolute Gasteiger partial charge is 0.329 e. The SMILES string of the molecule is CC(=NNC(=O)C(=O)Nc1cc(Cl)ccc1Cl)c1ccc(OCc2ccc(Cl)cc2Cl)cc1. The molecular formula is C23H17Cl4N3O3. The molecule has 6 nitrogen and oxygen atoms in total. The predicted octanol–water partition coefficient (Wildman–Crippen LogP) is 6.36. The number of hydrazone groups is 1. The lowest BCUT2D eigenvalue weighted by Gasteiger charge is -2.09. The highest BCUT2D eigenvalue weighted by Crippen LogP contribution is 2.25. The fourth-order valence-corrected chi connectivity index (χ4v) is 3.41. The maximum absolute atomic E-state index is 12.1. The lowest BCUT2D eigenvalue weighted by atomic mass is 10.1. The maximum atomic E-state index is 12.1. The number of hydrogen-bond acceptors (Lipinski definition) is 4. The van der Waals surface area contributed by atoms with Crippen molar-refractivity contribution in [2.24, 2.45) is 5.10 Å². The molecule has 0 saturated carbocycles. The molecule has 3 aromatic rings. The lowest BCUT2D eigenvalue weighted by Crippen LogP contribution is -2.33. The predicted molar refractivity (Wildman–Crippen MR) is 133 cm³/mol. The standard InChI is InChI=1S/C23H17Cl4N3O3/c1-13(29-30-23(32)22(31)28-21-11-17(25)6-9-19(21)26)14-3-7-18(8-4-14)33-12-15-2-5-16(24)10-20(15)27/h2-11H,12H2,1H3,(H,28,31)(H,30,32). The maximum Gasteiger partial charge on any atom is 0.329 e. The quantitative estimate of drug-likeness (QED) is 0.224. The van der Waals surface area contributed by atoms with Gasteiger partial charge in [-0.15, -0.1) is 0 Å². The van der Waals surface area contributed by atoms with Crippen LogP contribution in [0.1, 0.15) is 18.1 Å². The van der Waals surface area contributed by atoms with E-state index in [1.807, 2.05) is 0 Å². The van der Waals surface area contributed by atoms with Gasteiger partial charge in [-0.3, -0.25) is 9.59 Å². The number of anilines is 1. The van der Waals surface area contributed by atoms with E-state index in [9.17, 15) is 9.59 Å². The van der Waals surface area contributed by atoms with E-state index in [1.165, 1.54) is 12.1 Å². The summed E-state index contributed by atoms with van der Waals surface area (Å²) in [6, 6.07) is 16.8. The van der Waals surface area contributed by atoms with Gasteiger partial charge in [-0.25, -0.2) is 5.43 Å². The van der Waals surface area contributed by atoms with Gasteiger partial charge in [-0.1, -0.05) is 52.5 Å². The monoisotopic (exact) mass is 523 g/mol. The molecule has 0 aliphatic carbocycles. The summed E-state index contributed by atoms with van der Waals surface area (Å²) in [5.41, 5.74) is 4.46. The van der Waals surface area contributed by atoms with Crippen molar-refractivity contribution < 1.29 is 14.3 Å². The fraction of sp³-hybridized carbons (Fsp3) is 0.0870. The number of amides is 2. The molecule has 0 aliphatic heterocycles. The van der Waals surface area contributed by atoms with Crippen molar-refractivity contribution in [3.05, 3.63) is 91.9 Å². The average Bonchev–Trinajstić information content (AvgIpc) is 2.79. The second kappa shape index (κ2) is 11.4. The first-order chi connectivity index (χ1) is 15.7. The summed E-state index contributed by atoms with van der Waals surface area (Å²) in [6.45, 7) is 1.97. The summed E-state index contributed by atoms with van der Waals surface area (Å²) in [5, 5.41) is 8.06. The molecule has 2 N–H and O–H groups in total. The van der Waals surface area contributed by atoms with Crippen LogP contribution in [-0.2, 0) is 16.2 Å². The third-order valence-corrected chi connectivity index (χ3v) is 5.54. The molecule has 33 heavy (non-hydrogen) atoms. The zero-order valence-corrected chi connectivity index (χ0v) is 20.2. The summed E-state index contributed by atoms with van der Waals surface area (Å²) in [4.78, 5) is 24.1. The summed E-state index contributed by atoms with van der Waals surface area (Å²) >= 11 is 23.9. The third-order valence-electron chi connectivity index (χ3n) is 4.39. The van der Waals surface area contributed by atoms with Crippen molar-refractivity contribution in [3.63, 3.8) is 0 Å². The molecule has 170 valence electrons. The number of benzene rings is 3. The molecule has 0 bridgehead atoms. The van der Waals surface area contributed by atoms with Gasteiger partial charge in [0.2, 0.25) is 0 Å². The van der Waals surface area contributed by atoms with Gasteiger partial charge < -0.3 is 10.1 Å². The van der Waals surface area contributed by atoms with E-state index in [1.54, 1.807) is 55.5 Å². The molecule has 0 spiro atoms. The number of nitrogens with one attached hydrogen (secondary N) is 2. The number of nitrogens with zero attached hydrogens (tertiary/aromatic N) is 1. The molecular weight excluding hydrogens is 508 g/mol. The van der Waals surface area contributed by atoms with E-state index in [2.05, 4.69) is 15.8 Å². The zero-order valence-electron chi connectivity index (χ0n) is 17.2. The highest BCUT2D eigenvalue weighted by atomic mass is 35.5. The van der Waals surface area contributed by atoms with Crippen LogP contribution in [0.2, 0.25) is 20.1 Å².